The van der Waals surface area contributed by atoms with Crippen LogP contribution < -0.4 is 0 Å². The predicted molar refractivity (Wildman–Crippen MR) is 87.9 cm³/mol. The van der Waals surface area contributed by atoms with Gasteiger partial charge in [0.05, 0.1) is 10.5 Å². The number of piperidine rings is 1. The van der Waals surface area contributed by atoms with E-state index in [4.69, 9.17) is 0 Å². The third-order valence-corrected chi connectivity index (χ3v) is 6.51. The van der Waals surface area contributed by atoms with Gasteiger partial charge in [-0.25, -0.2) is 8.42 Å². The van der Waals surface area contributed by atoms with Crippen molar-refractivity contribution in [3.63, 3.8) is 0 Å². The van der Waals surface area contributed by atoms with Gasteiger partial charge in [-0.2, -0.15) is 17.5 Å². The van der Waals surface area contributed by atoms with Crippen molar-refractivity contribution in [2.75, 3.05) is 13.1 Å². The lowest BCUT2D eigenvalue weighted by Crippen LogP contribution is -2.39. The molecule has 1 aromatic carbocycles. The summed E-state index contributed by atoms with van der Waals surface area (Å²) < 4.78 is 68.1. The maximum atomic E-state index is 13.1. The summed E-state index contributed by atoms with van der Waals surface area (Å²) >= 11 is 0. The molecule has 0 spiro atoms. The van der Waals surface area contributed by atoms with Crippen LogP contribution in [0.4, 0.5) is 13.2 Å². The summed E-state index contributed by atoms with van der Waals surface area (Å²) in [6.07, 6.45) is -1.70. The number of hydrogen-bond donors (Lipinski definition) is 0. The molecule has 2 heterocycles. The number of rotatable bonds is 3. The minimum Gasteiger partial charge on any atom is -0.320 e. The second kappa shape index (κ2) is 6.66. The Kier molecular flexibility index (Phi) is 4.82. The van der Waals surface area contributed by atoms with Gasteiger partial charge in [0.15, 0.2) is 0 Å². The average molecular weight is 388 g/mol. The largest absolute Gasteiger partial charge is 0.416 e. The maximum Gasteiger partial charge on any atom is 0.416 e. The Hall–Kier alpha value is -1.94. The van der Waals surface area contributed by atoms with Crippen LogP contribution in [0.2, 0.25) is 0 Å². The Morgan fingerprint density at radius 1 is 1.27 bits per heavy atom. The van der Waals surface area contributed by atoms with Crippen LogP contribution in [-0.2, 0) is 23.2 Å². The highest BCUT2D eigenvalue weighted by Gasteiger charge is 2.36. The third kappa shape index (κ3) is 3.48. The van der Waals surface area contributed by atoms with Crippen LogP contribution in [0.15, 0.2) is 29.4 Å². The fraction of sp³-hybridized carbons (Fsp3) is 0.500. The van der Waals surface area contributed by atoms with Crippen LogP contribution >= 0.6 is 0 Å². The number of halogens is 3. The average Bonchev–Trinajstić information content (AvgIpc) is 3.00. The Bertz CT molecular complexity index is 908. The quantitative estimate of drug-likeness (QED) is 0.811. The highest BCUT2D eigenvalue weighted by atomic mass is 32.2. The van der Waals surface area contributed by atoms with Crippen LogP contribution in [-0.4, -0.2) is 40.6 Å². The van der Waals surface area contributed by atoms with E-state index in [2.05, 4.69) is 10.2 Å². The predicted octanol–water partition coefficient (Wildman–Crippen LogP) is 2.71. The van der Waals surface area contributed by atoms with Crippen LogP contribution in [0.1, 0.15) is 35.7 Å². The van der Waals surface area contributed by atoms with Gasteiger partial charge in [-0.3, -0.25) is 0 Å². The van der Waals surface area contributed by atoms with E-state index in [1.807, 2.05) is 0 Å². The highest BCUT2D eigenvalue weighted by Crippen LogP contribution is 2.35. The summed E-state index contributed by atoms with van der Waals surface area (Å²) in [4.78, 5) is -0.339. The Labute approximate surface area is 149 Å². The number of hydrogen-bond acceptors (Lipinski definition) is 4. The Morgan fingerprint density at radius 2 is 2.00 bits per heavy atom. The first-order valence-corrected chi connectivity index (χ1v) is 9.56. The van der Waals surface area contributed by atoms with E-state index in [1.165, 1.54) is 23.4 Å². The lowest BCUT2D eigenvalue weighted by molar-refractivity contribution is -0.138. The maximum absolute atomic E-state index is 13.1. The summed E-state index contributed by atoms with van der Waals surface area (Å²) in [5.41, 5.74) is -0.938. The number of sulfonamides is 1. The summed E-state index contributed by atoms with van der Waals surface area (Å²) in [6, 6.07) is 3.14. The fourth-order valence-electron chi connectivity index (χ4n) is 3.25. The first-order chi connectivity index (χ1) is 12.1. The molecule has 1 fully saturated rings. The van der Waals surface area contributed by atoms with Gasteiger partial charge in [-0.05, 0) is 37.5 Å². The van der Waals surface area contributed by atoms with Crippen molar-refractivity contribution < 1.29 is 21.6 Å². The summed E-state index contributed by atoms with van der Waals surface area (Å²) in [7, 11) is -2.25. The van der Waals surface area contributed by atoms with Gasteiger partial charge in [0.25, 0.3) is 0 Å². The molecule has 0 N–H and O–H groups in total. The zero-order valence-electron chi connectivity index (χ0n) is 14.4. The SMILES string of the molecule is Cc1ccc(S(=O)(=O)N2CCCC(c3nncn3C)C2)cc1C(F)(F)F. The Balaban J connectivity index is 1.92. The topological polar surface area (TPSA) is 68.1 Å². The zero-order chi connectivity index (χ0) is 19.1. The minimum atomic E-state index is -4.60. The van der Waals surface area contributed by atoms with Crippen LogP contribution in [0.5, 0.6) is 0 Å². The van der Waals surface area contributed by atoms with Gasteiger partial charge in [0, 0.05) is 26.1 Å². The molecule has 1 aliphatic heterocycles. The van der Waals surface area contributed by atoms with E-state index in [-0.39, 0.29) is 29.5 Å². The van der Waals surface area contributed by atoms with E-state index in [0.717, 1.165) is 12.5 Å². The van der Waals surface area contributed by atoms with Crippen molar-refractivity contribution in [3.8, 4) is 0 Å². The molecule has 0 saturated carbocycles. The van der Waals surface area contributed by atoms with Gasteiger partial charge in [-0.15, -0.1) is 10.2 Å². The van der Waals surface area contributed by atoms with Gasteiger partial charge < -0.3 is 4.57 Å². The second-order valence-corrected chi connectivity index (χ2v) is 8.41. The number of benzene rings is 1. The first-order valence-electron chi connectivity index (χ1n) is 8.12. The molecule has 0 bridgehead atoms. The molecule has 1 aliphatic rings. The van der Waals surface area contributed by atoms with Crippen molar-refractivity contribution in [1.82, 2.24) is 19.1 Å². The van der Waals surface area contributed by atoms with Crippen LogP contribution in [0, 0.1) is 6.92 Å². The molecule has 0 radical (unpaired) electrons. The molecule has 0 amide bonds. The molecule has 26 heavy (non-hydrogen) atoms. The Morgan fingerprint density at radius 3 is 2.62 bits per heavy atom. The number of aromatic nitrogens is 3. The smallest absolute Gasteiger partial charge is 0.320 e. The highest BCUT2D eigenvalue weighted by molar-refractivity contribution is 7.89. The van der Waals surface area contributed by atoms with Crippen molar-refractivity contribution in [2.24, 2.45) is 7.05 Å². The van der Waals surface area contributed by atoms with Crippen molar-refractivity contribution in [2.45, 2.75) is 36.8 Å². The van der Waals surface area contributed by atoms with Crippen molar-refractivity contribution >= 4 is 10.0 Å². The number of alkyl halides is 3. The molecule has 2 aromatic rings. The van der Waals surface area contributed by atoms with Crippen molar-refractivity contribution in [1.29, 1.82) is 0 Å². The van der Waals surface area contributed by atoms with E-state index >= 15 is 0 Å². The first kappa shape index (κ1) is 18.8. The molecule has 1 saturated heterocycles. The van der Waals surface area contributed by atoms with Gasteiger partial charge in [0.2, 0.25) is 10.0 Å². The summed E-state index contributed by atoms with van der Waals surface area (Å²) in [6.45, 7) is 1.75. The lowest BCUT2D eigenvalue weighted by Gasteiger charge is -2.31. The van der Waals surface area contributed by atoms with Gasteiger partial charge in [-0.1, -0.05) is 6.07 Å². The van der Waals surface area contributed by atoms with Crippen LogP contribution in [0.25, 0.3) is 0 Å². The molecular weight excluding hydrogens is 369 g/mol. The normalized spacial score (nSPS) is 19.7. The van der Waals surface area contributed by atoms with Crippen LogP contribution in [0.3, 0.4) is 0 Å². The van der Waals surface area contributed by atoms with E-state index in [9.17, 15) is 21.6 Å². The molecule has 142 valence electrons. The van der Waals surface area contributed by atoms with Gasteiger partial charge in [0.1, 0.15) is 12.2 Å². The molecule has 6 nitrogen and oxygen atoms in total. The number of aryl methyl sites for hydroxylation is 2. The van der Waals surface area contributed by atoms with Gasteiger partial charge >= 0.3 is 6.18 Å². The third-order valence-electron chi connectivity index (χ3n) is 4.65. The molecule has 3 rings (SSSR count). The molecule has 1 unspecified atom stereocenters. The van der Waals surface area contributed by atoms with E-state index in [0.29, 0.717) is 12.2 Å². The summed E-state index contributed by atoms with van der Waals surface area (Å²) in [5, 5.41) is 7.84. The molecular formula is C16H19F3N4O2S. The van der Waals surface area contributed by atoms with E-state index in [1.54, 1.807) is 17.9 Å². The monoisotopic (exact) mass is 388 g/mol. The standard InChI is InChI=1S/C16H19F3N4O2S/c1-11-5-6-13(8-14(11)16(17,18)19)26(24,25)23-7-3-4-12(9-23)15-21-20-10-22(15)2/h5-6,8,10,12H,3-4,7,9H2,1-2H3. The fourth-order valence-corrected chi connectivity index (χ4v) is 4.80. The molecule has 1 aromatic heterocycles. The van der Waals surface area contributed by atoms with E-state index < -0.39 is 21.8 Å². The molecule has 10 heteroatoms. The summed E-state index contributed by atoms with van der Waals surface area (Å²) in [5.74, 6) is 0.531. The number of nitrogens with zero attached hydrogens (tertiary/aromatic N) is 4. The lowest BCUT2D eigenvalue weighted by atomic mass is 9.99. The molecule has 1 atom stereocenters. The molecule has 0 aliphatic carbocycles. The second-order valence-electron chi connectivity index (χ2n) is 6.48. The van der Waals surface area contributed by atoms with Crippen molar-refractivity contribution in [3.05, 3.63) is 41.5 Å². The zero-order valence-corrected chi connectivity index (χ0v) is 15.2. The minimum absolute atomic E-state index is 0.00736.